The smallest absolute Gasteiger partial charge is 0.0341 e. The van der Waals surface area contributed by atoms with Gasteiger partial charge >= 0.3 is 0 Å². The molecule has 0 aliphatic carbocycles. The summed E-state index contributed by atoms with van der Waals surface area (Å²) in [4.78, 5) is 0. The Hall–Kier alpha value is -0.430. The van der Waals surface area contributed by atoms with Crippen LogP contribution in [0.25, 0.3) is 0 Å². The van der Waals surface area contributed by atoms with Crippen molar-refractivity contribution in [3.8, 4) is 0 Å². The zero-order chi connectivity index (χ0) is 7.28. The van der Waals surface area contributed by atoms with Crippen LogP contribution in [0.3, 0.4) is 0 Å². The van der Waals surface area contributed by atoms with E-state index in [4.69, 9.17) is 11.6 Å². The van der Waals surface area contributed by atoms with Crippen molar-refractivity contribution in [1.29, 1.82) is 0 Å². The fourth-order valence-corrected chi connectivity index (χ4v) is 0.443. The first kappa shape index (κ1) is 8.57. The van der Waals surface area contributed by atoms with E-state index in [9.17, 15) is 0 Å². The fourth-order valence-electron chi connectivity index (χ4n) is 0.366. The zero-order valence-corrected chi connectivity index (χ0v) is 6.63. The molecule has 0 spiro atoms. The maximum Gasteiger partial charge on any atom is 0.0341 e. The van der Waals surface area contributed by atoms with Crippen molar-refractivity contribution in [1.82, 2.24) is 5.32 Å². The SMILES string of the molecule is C=C(C)NCC=C(C)Cl. The maximum atomic E-state index is 5.55. The van der Waals surface area contributed by atoms with Crippen molar-refractivity contribution in [2.45, 2.75) is 13.8 Å². The van der Waals surface area contributed by atoms with Crippen LogP contribution in [0, 0.1) is 0 Å². The molecule has 0 radical (unpaired) electrons. The van der Waals surface area contributed by atoms with Gasteiger partial charge in [0.2, 0.25) is 0 Å². The Morgan fingerprint density at radius 1 is 1.67 bits per heavy atom. The zero-order valence-electron chi connectivity index (χ0n) is 5.87. The van der Waals surface area contributed by atoms with Crippen LogP contribution in [-0.4, -0.2) is 6.54 Å². The van der Waals surface area contributed by atoms with Crippen LogP contribution in [0.4, 0.5) is 0 Å². The topological polar surface area (TPSA) is 12.0 Å². The Labute approximate surface area is 61.4 Å². The van der Waals surface area contributed by atoms with Crippen molar-refractivity contribution in [3.05, 3.63) is 23.4 Å². The van der Waals surface area contributed by atoms with E-state index in [1.54, 1.807) is 0 Å². The van der Waals surface area contributed by atoms with Crippen LogP contribution in [0.1, 0.15) is 13.8 Å². The molecule has 52 valence electrons. The molecule has 0 saturated heterocycles. The van der Waals surface area contributed by atoms with Gasteiger partial charge in [0.25, 0.3) is 0 Å². The minimum Gasteiger partial charge on any atom is -0.386 e. The quantitative estimate of drug-likeness (QED) is 0.643. The van der Waals surface area contributed by atoms with Gasteiger partial charge in [0.05, 0.1) is 0 Å². The van der Waals surface area contributed by atoms with Gasteiger partial charge in [-0.1, -0.05) is 24.3 Å². The average molecular weight is 146 g/mol. The van der Waals surface area contributed by atoms with Crippen molar-refractivity contribution in [3.63, 3.8) is 0 Å². The first-order chi connectivity index (χ1) is 4.13. The average Bonchev–Trinajstić information content (AvgIpc) is 1.63. The van der Waals surface area contributed by atoms with Gasteiger partial charge in [-0.2, -0.15) is 0 Å². The van der Waals surface area contributed by atoms with Gasteiger partial charge in [-0.25, -0.2) is 0 Å². The third-order valence-corrected chi connectivity index (χ3v) is 0.941. The number of halogens is 1. The lowest BCUT2D eigenvalue weighted by Gasteiger charge is -1.98. The van der Waals surface area contributed by atoms with E-state index in [0.717, 1.165) is 17.3 Å². The van der Waals surface area contributed by atoms with E-state index < -0.39 is 0 Å². The highest BCUT2D eigenvalue weighted by Crippen LogP contribution is 1.95. The summed E-state index contributed by atoms with van der Waals surface area (Å²) in [5.41, 5.74) is 0.962. The van der Waals surface area contributed by atoms with Crippen LogP contribution >= 0.6 is 11.6 Å². The lowest BCUT2D eigenvalue weighted by Crippen LogP contribution is -2.08. The van der Waals surface area contributed by atoms with Gasteiger partial charge in [-0.3, -0.25) is 0 Å². The Morgan fingerprint density at radius 3 is 2.56 bits per heavy atom. The van der Waals surface area contributed by atoms with Crippen molar-refractivity contribution in [2.75, 3.05) is 6.54 Å². The molecule has 0 aromatic heterocycles. The molecule has 1 nitrogen and oxygen atoms in total. The van der Waals surface area contributed by atoms with Gasteiger partial charge in [-0.15, -0.1) is 0 Å². The molecule has 0 atom stereocenters. The van der Waals surface area contributed by atoms with E-state index in [1.807, 2.05) is 19.9 Å². The Morgan fingerprint density at radius 2 is 2.22 bits per heavy atom. The lowest BCUT2D eigenvalue weighted by molar-refractivity contribution is 0.908. The minimum absolute atomic E-state index is 0.769. The highest BCUT2D eigenvalue weighted by Gasteiger charge is 1.80. The van der Waals surface area contributed by atoms with E-state index in [-0.39, 0.29) is 0 Å². The molecule has 2 heteroatoms. The van der Waals surface area contributed by atoms with Crippen LogP contribution in [0.2, 0.25) is 0 Å². The number of hydrogen-bond acceptors (Lipinski definition) is 1. The van der Waals surface area contributed by atoms with Crippen LogP contribution < -0.4 is 5.32 Å². The second kappa shape index (κ2) is 4.45. The van der Waals surface area contributed by atoms with E-state index in [0.29, 0.717) is 0 Å². The summed E-state index contributed by atoms with van der Waals surface area (Å²) in [5, 5.41) is 3.83. The standard InChI is InChI=1S/C7H12ClN/c1-6(2)9-5-4-7(3)8/h4,9H,1,5H2,2-3H3. The summed E-state index contributed by atoms with van der Waals surface area (Å²) in [6.45, 7) is 8.20. The number of allylic oxidation sites excluding steroid dienone is 2. The highest BCUT2D eigenvalue weighted by molar-refractivity contribution is 6.29. The first-order valence-electron chi connectivity index (χ1n) is 2.84. The summed E-state index contributed by atoms with van der Waals surface area (Å²) in [7, 11) is 0. The monoisotopic (exact) mass is 145 g/mol. The van der Waals surface area contributed by atoms with Gasteiger partial charge in [0, 0.05) is 17.3 Å². The summed E-state index contributed by atoms with van der Waals surface area (Å²) in [6, 6.07) is 0. The van der Waals surface area contributed by atoms with Crippen LogP contribution in [0.15, 0.2) is 23.4 Å². The number of hydrogen-bond donors (Lipinski definition) is 1. The highest BCUT2D eigenvalue weighted by atomic mass is 35.5. The largest absolute Gasteiger partial charge is 0.386 e. The minimum atomic E-state index is 0.769. The molecule has 0 aliphatic rings. The lowest BCUT2D eigenvalue weighted by atomic mass is 10.5. The Kier molecular flexibility index (Phi) is 4.24. The summed E-state index contributed by atoms with van der Waals surface area (Å²) < 4.78 is 0. The molecule has 0 aromatic rings. The van der Waals surface area contributed by atoms with Crippen molar-refractivity contribution in [2.24, 2.45) is 0 Å². The summed E-state index contributed by atoms with van der Waals surface area (Å²) in [6.07, 6.45) is 1.90. The molecule has 0 unspecified atom stereocenters. The van der Waals surface area contributed by atoms with Crippen LogP contribution in [0.5, 0.6) is 0 Å². The molecule has 1 N–H and O–H groups in total. The first-order valence-corrected chi connectivity index (χ1v) is 3.22. The molecular formula is C7H12ClN. The molecule has 9 heavy (non-hydrogen) atoms. The second-order valence-electron chi connectivity index (χ2n) is 1.95. The third kappa shape index (κ3) is 7.57. The summed E-state index contributed by atoms with van der Waals surface area (Å²) in [5.74, 6) is 0. The Bertz CT molecular complexity index is 123. The predicted octanol–water partition coefficient (Wildman–Crippen LogP) is 2.25. The molecule has 0 rings (SSSR count). The van der Waals surface area contributed by atoms with Gasteiger partial charge in [0.1, 0.15) is 0 Å². The van der Waals surface area contributed by atoms with E-state index >= 15 is 0 Å². The molecule has 0 saturated carbocycles. The molecule has 0 aliphatic heterocycles. The molecular weight excluding hydrogens is 134 g/mol. The van der Waals surface area contributed by atoms with Crippen molar-refractivity contribution >= 4 is 11.6 Å². The summed E-state index contributed by atoms with van der Waals surface area (Å²) >= 11 is 5.55. The number of rotatable bonds is 3. The molecule has 0 aromatic carbocycles. The van der Waals surface area contributed by atoms with Gasteiger partial charge < -0.3 is 5.32 Å². The third-order valence-electron chi connectivity index (χ3n) is 0.787. The predicted molar refractivity (Wildman–Crippen MR) is 42.4 cm³/mol. The molecule has 0 heterocycles. The number of nitrogens with one attached hydrogen (secondary N) is 1. The normalized spacial score (nSPS) is 11.2. The molecule has 0 fully saturated rings. The van der Waals surface area contributed by atoms with Gasteiger partial charge in [-0.05, 0) is 13.8 Å². The second-order valence-corrected chi connectivity index (χ2v) is 2.55. The Balaban J connectivity index is 3.31. The van der Waals surface area contributed by atoms with E-state index in [2.05, 4.69) is 11.9 Å². The van der Waals surface area contributed by atoms with Crippen molar-refractivity contribution < 1.29 is 0 Å². The molecule has 0 bridgehead atoms. The molecule has 0 amide bonds. The van der Waals surface area contributed by atoms with E-state index in [1.165, 1.54) is 0 Å². The fraction of sp³-hybridized carbons (Fsp3) is 0.429. The maximum absolute atomic E-state index is 5.55. The van der Waals surface area contributed by atoms with Crippen LogP contribution in [-0.2, 0) is 0 Å². The van der Waals surface area contributed by atoms with Gasteiger partial charge in [0.15, 0.2) is 0 Å².